The highest BCUT2D eigenvalue weighted by molar-refractivity contribution is 6.30. The van der Waals surface area contributed by atoms with Crippen molar-refractivity contribution in [3.63, 3.8) is 0 Å². The first-order valence-electron chi connectivity index (χ1n) is 5.30. The minimum absolute atomic E-state index is 0.269. The molecule has 2 rings (SSSR count). The van der Waals surface area contributed by atoms with Crippen LogP contribution in [0.15, 0.2) is 24.5 Å². The molecule has 17 heavy (non-hydrogen) atoms. The van der Waals surface area contributed by atoms with E-state index in [9.17, 15) is 0 Å². The minimum Gasteiger partial charge on any atom is -0.436 e. The van der Waals surface area contributed by atoms with E-state index in [4.69, 9.17) is 16.3 Å². The van der Waals surface area contributed by atoms with Crippen molar-refractivity contribution in [2.45, 2.75) is 20.8 Å². The Labute approximate surface area is 105 Å². The second-order valence-corrected chi connectivity index (χ2v) is 4.32. The maximum atomic E-state index is 5.91. The normalized spacial score (nSPS) is 10.4. The number of rotatable bonds is 2. The molecule has 0 aliphatic carbocycles. The molecule has 0 radical (unpaired) electrons. The van der Waals surface area contributed by atoms with Crippen LogP contribution in [0.3, 0.4) is 0 Å². The second kappa shape index (κ2) is 4.72. The zero-order chi connectivity index (χ0) is 12.4. The van der Waals surface area contributed by atoms with Crippen LogP contribution in [0.4, 0.5) is 0 Å². The van der Waals surface area contributed by atoms with Gasteiger partial charge in [0, 0.05) is 12.4 Å². The summed E-state index contributed by atoms with van der Waals surface area (Å²) >= 11 is 5.91. The Kier molecular flexibility index (Phi) is 3.29. The first-order chi connectivity index (χ1) is 8.08. The molecule has 1 aromatic heterocycles. The standard InChI is InChI=1S/C13H13ClN2O/c1-8-6-9(2)10(3)11(7-8)17-13-12(14)15-4-5-16-13/h4-7H,1-3H3. The van der Waals surface area contributed by atoms with E-state index < -0.39 is 0 Å². The van der Waals surface area contributed by atoms with E-state index in [1.165, 1.54) is 11.8 Å². The molecular weight excluding hydrogens is 236 g/mol. The number of nitrogens with zero attached hydrogens (tertiary/aromatic N) is 2. The maximum absolute atomic E-state index is 5.91. The Hall–Kier alpha value is -1.61. The van der Waals surface area contributed by atoms with Gasteiger partial charge < -0.3 is 4.74 Å². The molecule has 0 fully saturated rings. The average molecular weight is 249 g/mol. The number of halogens is 1. The molecular formula is C13H13ClN2O. The first-order valence-corrected chi connectivity index (χ1v) is 5.68. The van der Waals surface area contributed by atoms with E-state index in [1.54, 1.807) is 6.20 Å². The van der Waals surface area contributed by atoms with Gasteiger partial charge in [-0.05, 0) is 43.5 Å². The molecule has 1 heterocycles. The van der Waals surface area contributed by atoms with Gasteiger partial charge in [0.25, 0.3) is 5.88 Å². The van der Waals surface area contributed by atoms with Crippen LogP contribution >= 0.6 is 11.6 Å². The second-order valence-electron chi connectivity index (χ2n) is 3.96. The quantitative estimate of drug-likeness (QED) is 0.810. The Bertz CT molecular complexity index is 555. The van der Waals surface area contributed by atoms with Crippen molar-refractivity contribution < 1.29 is 4.74 Å². The van der Waals surface area contributed by atoms with E-state index >= 15 is 0 Å². The molecule has 0 aliphatic heterocycles. The third-order valence-electron chi connectivity index (χ3n) is 2.59. The molecule has 0 aliphatic rings. The Morgan fingerprint density at radius 3 is 2.47 bits per heavy atom. The highest BCUT2D eigenvalue weighted by Gasteiger charge is 2.09. The SMILES string of the molecule is Cc1cc(C)c(C)c(Oc2nccnc2Cl)c1. The molecule has 2 aromatic rings. The molecule has 0 saturated carbocycles. The number of ether oxygens (including phenoxy) is 1. The molecule has 4 heteroatoms. The van der Waals surface area contributed by atoms with Gasteiger partial charge in [-0.3, -0.25) is 0 Å². The molecule has 1 aromatic carbocycles. The van der Waals surface area contributed by atoms with Gasteiger partial charge >= 0.3 is 0 Å². The molecule has 0 saturated heterocycles. The predicted octanol–water partition coefficient (Wildman–Crippen LogP) is 3.85. The van der Waals surface area contributed by atoms with Gasteiger partial charge in [-0.2, -0.15) is 0 Å². The van der Waals surface area contributed by atoms with Crippen molar-refractivity contribution in [1.29, 1.82) is 0 Å². The van der Waals surface area contributed by atoms with E-state index in [1.807, 2.05) is 26.8 Å². The molecule has 3 nitrogen and oxygen atoms in total. The molecule has 0 N–H and O–H groups in total. The van der Waals surface area contributed by atoms with Crippen LogP contribution in [-0.4, -0.2) is 9.97 Å². The van der Waals surface area contributed by atoms with E-state index in [0.717, 1.165) is 16.9 Å². The van der Waals surface area contributed by atoms with Crippen molar-refractivity contribution in [1.82, 2.24) is 9.97 Å². The maximum Gasteiger partial charge on any atom is 0.257 e. The highest BCUT2D eigenvalue weighted by atomic mass is 35.5. The third kappa shape index (κ3) is 2.56. The summed E-state index contributed by atoms with van der Waals surface area (Å²) in [7, 11) is 0. The van der Waals surface area contributed by atoms with Crippen molar-refractivity contribution in [2.24, 2.45) is 0 Å². The fourth-order valence-electron chi connectivity index (χ4n) is 1.59. The van der Waals surface area contributed by atoms with Gasteiger partial charge in [0.05, 0.1) is 0 Å². The summed E-state index contributed by atoms with van der Waals surface area (Å²) in [6.07, 6.45) is 3.09. The van der Waals surface area contributed by atoms with Crippen LogP contribution in [0.5, 0.6) is 11.6 Å². The lowest BCUT2D eigenvalue weighted by molar-refractivity contribution is 0.456. The summed E-state index contributed by atoms with van der Waals surface area (Å²) in [5.41, 5.74) is 3.40. The van der Waals surface area contributed by atoms with Gasteiger partial charge in [-0.1, -0.05) is 17.7 Å². The number of hydrogen-bond acceptors (Lipinski definition) is 3. The first kappa shape index (κ1) is 11.9. The van der Waals surface area contributed by atoms with Gasteiger partial charge in [-0.15, -0.1) is 0 Å². The molecule has 88 valence electrons. The number of aryl methyl sites for hydroxylation is 2. The zero-order valence-electron chi connectivity index (χ0n) is 9.99. The Morgan fingerprint density at radius 1 is 1.06 bits per heavy atom. The highest BCUT2D eigenvalue weighted by Crippen LogP contribution is 2.29. The van der Waals surface area contributed by atoms with Gasteiger partial charge in [-0.25, -0.2) is 9.97 Å². The summed E-state index contributed by atoms with van der Waals surface area (Å²) in [5, 5.41) is 0.269. The molecule has 0 bridgehead atoms. The van der Waals surface area contributed by atoms with Crippen LogP contribution < -0.4 is 4.74 Å². The van der Waals surface area contributed by atoms with Gasteiger partial charge in [0.2, 0.25) is 0 Å². The van der Waals surface area contributed by atoms with Crippen LogP contribution in [0.25, 0.3) is 0 Å². The molecule has 0 spiro atoms. The molecule has 0 amide bonds. The monoisotopic (exact) mass is 248 g/mol. The van der Waals surface area contributed by atoms with Crippen molar-refractivity contribution >= 4 is 11.6 Å². The number of benzene rings is 1. The molecule has 0 unspecified atom stereocenters. The number of hydrogen-bond donors (Lipinski definition) is 0. The Balaban J connectivity index is 2.40. The largest absolute Gasteiger partial charge is 0.436 e. The Morgan fingerprint density at radius 2 is 1.76 bits per heavy atom. The summed E-state index contributed by atoms with van der Waals surface area (Å²) in [6, 6.07) is 4.08. The zero-order valence-corrected chi connectivity index (χ0v) is 10.7. The smallest absolute Gasteiger partial charge is 0.257 e. The lowest BCUT2D eigenvalue weighted by Gasteiger charge is -2.11. The summed E-state index contributed by atoms with van der Waals surface area (Å²) in [4.78, 5) is 7.99. The molecule has 0 atom stereocenters. The topological polar surface area (TPSA) is 35.0 Å². The lowest BCUT2D eigenvalue weighted by Crippen LogP contribution is -1.94. The summed E-state index contributed by atoms with van der Waals surface area (Å²) in [6.45, 7) is 6.08. The fraction of sp³-hybridized carbons (Fsp3) is 0.231. The fourth-order valence-corrected chi connectivity index (χ4v) is 1.73. The van der Waals surface area contributed by atoms with Gasteiger partial charge in [0.1, 0.15) is 5.75 Å². The number of aromatic nitrogens is 2. The predicted molar refractivity (Wildman–Crippen MR) is 67.8 cm³/mol. The van der Waals surface area contributed by atoms with E-state index in [-0.39, 0.29) is 5.15 Å². The van der Waals surface area contributed by atoms with E-state index in [2.05, 4.69) is 16.0 Å². The van der Waals surface area contributed by atoms with Crippen molar-refractivity contribution in [3.05, 3.63) is 46.4 Å². The van der Waals surface area contributed by atoms with E-state index in [0.29, 0.717) is 5.88 Å². The van der Waals surface area contributed by atoms with Crippen molar-refractivity contribution in [3.8, 4) is 11.6 Å². The van der Waals surface area contributed by atoms with Gasteiger partial charge in [0.15, 0.2) is 5.15 Å². The van der Waals surface area contributed by atoms with Crippen LogP contribution in [-0.2, 0) is 0 Å². The summed E-state index contributed by atoms with van der Waals surface area (Å²) < 4.78 is 5.70. The van der Waals surface area contributed by atoms with Crippen LogP contribution in [0.1, 0.15) is 16.7 Å². The van der Waals surface area contributed by atoms with Crippen molar-refractivity contribution in [2.75, 3.05) is 0 Å². The average Bonchev–Trinajstić information content (AvgIpc) is 2.28. The third-order valence-corrected chi connectivity index (χ3v) is 2.85. The lowest BCUT2D eigenvalue weighted by atomic mass is 10.1. The minimum atomic E-state index is 0.269. The van der Waals surface area contributed by atoms with Crippen LogP contribution in [0, 0.1) is 20.8 Å². The summed E-state index contributed by atoms with van der Waals surface area (Å²) in [5.74, 6) is 1.10. The van der Waals surface area contributed by atoms with Crippen LogP contribution in [0.2, 0.25) is 5.15 Å².